The molecule has 0 aliphatic rings. The predicted octanol–water partition coefficient (Wildman–Crippen LogP) is 1.04. The minimum atomic E-state index is -0.361. The number of hydrogen-bond donors (Lipinski definition) is 2. The van der Waals surface area contributed by atoms with Gasteiger partial charge in [-0.05, 0) is 6.42 Å². The van der Waals surface area contributed by atoms with Gasteiger partial charge in [0.2, 0.25) is 0 Å². The molecule has 1 aromatic carbocycles. The van der Waals surface area contributed by atoms with Gasteiger partial charge >= 0.3 is 0 Å². The lowest BCUT2D eigenvalue weighted by molar-refractivity contribution is -0.0265. The van der Waals surface area contributed by atoms with E-state index >= 15 is 0 Å². The second-order valence-corrected chi connectivity index (χ2v) is 4.34. The van der Waals surface area contributed by atoms with E-state index in [1.54, 1.807) is 12.1 Å². The molecule has 0 fully saturated rings. The highest BCUT2D eigenvalue weighted by Crippen LogP contribution is 2.08. The molecule has 0 amide bonds. The fraction of sp³-hybridized carbons (Fsp3) is 0.533. The van der Waals surface area contributed by atoms with E-state index in [1.807, 2.05) is 18.2 Å². The summed E-state index contributed by atoms with van der Waals surface area (Å²) >= 11 is 0. The lowest BCUT2D eigenvalue weighted by Gasteiger charge is -2.15. The molecule has 1 aromatic rings. The first-order chi connectivity index (χ1) is 9.77. The number of ketones is 1. The standard InChI is InChI=1S/C15H22O5/c16-8-9-19-10-11-20-14(12-17)6-7-15(18)13-4-2-1-3-5-13/h1-5,14,16-17H,6-12H2. The highest BCUT2D eigenvalue weighted by Gasteiger charge is 2.12. The zero-order chi connectivity index (χ0) is 14.6. The van der Waals surface area contributed by atoms with Gasteiger partial charge in [0.1, 0.15) is 0 Å². The molecule has 112 valence electrons. The third kappa shape index (κ3) is 6.77. The number of rotatable bonds is 11. The van der Waals surface area contributed by atoms with E-state index in [4.69, 9.17) is 14.6 Å². The first-order valence-corrected chi connectivity index (χ1v) is 6.77. The smallest absolute Gasteiger partial charge is 0.162 e. The van der Waals surface area contributed by atoms with Gasteiger partial charge in [-0.25, -0.2) is 0 Å². The van der Waals surface area contributed by atoms with Crippen molar-refractivity contribution in [3.63, 3.8) is 0 Å². The average Bonchev–Trinajstić information content (AvgIpc) is 2.50. The topological polar surface area (TPSA) is 76.0 Å². The molecule has 0 bridgehead atoms. The van der Waals surface area contributed by atoms with Gasteiger partial charge in [-0.3, -0.25) is 4.79 Å². The first-order valence-electron chi connectivity index (χ1n) is 6.77. The maximum absolute atomic E-state index is 11.9. The Bertz CT molecular complexity index is 366. The van der Waals surface area contributed by atoms with Crippen LogP contribution in [-0.2, 0) is 9.47 Å². The molecular formula is C15H22O5. The molecule has 1 rings (SSSR count). The second-order valence-electron chi connectivity index (χ2n) is 4.34. The Morgan fingerprint density at radius 2 is 1.85 bits per heavy atom. The van der Waals surface area contributed by atoms with Gasteiger partial charge < -0.3 is 19.7 Å². The van der Waals surface area contributed by atoms with Gasteiger partial charge in [-0.1, -0.05) is 30.3 Å². The molecule has 0 spiro atoms. The van der Waals surface area contributed by atoms with E-state index in [2.05, 4.69) is 0 Å². The Hall–Kier alpha value is -1.27. The molecule has 1 unspecified atom stereocenters. The third-order valence-corrected chi connectivity index (χ3v) is 2.81. The molecule has 0 aromatic heterocycles. The molecule has 0 aliphatic carbocycles. The Morgan fingerprint density at radius 3 is 2.50 bits per heavy atom. The van der Waals surface area contributed by atoms with Crippen LogP contribution in [-0.4, -0.2) is 55.1 Å². The molecule has 0 radical (unpaired) electrons. The van der Waals surface area contributed by atoms with Gasteiger partial charge in [0, 0.05) is 12.0 Å². The summed E-state index contributed by atoms with van der Waals surface area (Å²) in [6.45, 7) is 0.838. The molecule has 1 atom stereocenters. The van der Waals surface area contributed by atoms with Crippen LogP contribution in [0.15, 0.2) is 30.3 Å². The molecule has 20 heavy (non-hydrogen) atoms. The molecule has 5 nitrogen and oxygen atoms in total. The Balaban J connectivity index is 2.22. The molecule has 0 saturated heterocycles. The number of aliphatic hydroxyl groups excluding tert-OH is 2. The minimum Gasteiger partial charge on any atom is -0.394 e. The van der Waals surface area contributed by atoms with Crippen molar-refractivity contribution in [2.45, 2.75) is 18.9 Å². The summed E-state index contributed by atoms with van der Waals surface area (Å²) in [6.07, 6.45) is 0.456. The number of aliphatic hydroxyl groups is 2. The van der Waals surface area contributed by atoms with Crippen molar-refractivity contribution in [3.05, 3.63) is 35.9 Å². The monoisotopic (exact) mass is 282 g/mol. The van der Waals surface area contributed by atoms with Gasteiger partial charge in [-0.2, -0.15) is 0 Å². The number of carbonyl (C=O) groups excluding carboxylic acids is 1. The molecule has 5 heteroatoms. The van der Waals surface area contributed by atoms with Crippen molar-refractivity contribution in [1.29, 1.82) is 0 Å². The first kappa shape index (κ1) is 16.8. The van der Waals surface area contributed by atoms with Crippen LogP contribution in [0, 0.1) is 0 Å². The van der Waals surface area contributed by atoms with E-state index in [0.29, 0.717) is 31.6 Å². The summed E-state index contributed by atoms with van der Waals surface area (Å²) in [4.78, 5) is 11.9. The van der Waals surface area contributed by atoms with Gasteiger partial charge in [0.05, 0.1) is 39.1 Å². The Kier molecular flexibility index (Phi) is 8.82. The van der Waals surface area contributed by atoms with Crippen LogP contribution in [0.3, 0.4) is 0 Å². The highest BCUT2D eigenvalue weighted by atomic mass is 16.5. The summed E-state index contributed by atoms with van der Waals surface area (Å²) in [5.41, 5.74) is 0.676. The van der Waals surface area contributed by atoms with Crippen molar-refractivity contribution in [1.82, 2.24) is 0 Å². The molecule has 0 heterocycles. The maximum Gasteiger partial charge on any atom is 0.162 e. The number of Topliss-reactive ketones (excluding diaryl/α,β-unsaturated/α-hetero) is 1. The lowest BCUT2D eigenvalue weighted by atomic mass is 10.0. The van der Waals surface area contributed by atoms with Crippen molar-refractivity contribution in [2.24, 2.45) is 0 Å². The average molecular weight is 282 g/mol. The maximum atomic E-state index is 11.9. The quantitative estimate of drug-likeness (QED) is 0.468. The fourth-order valence-electron chi connectivity index (χ4n) is 1.73. The van der Waals surface area contributed by atoms with Crippen LogP contribution < -0.4 is 0 Å². The van der Waals surface area contributed by atoms with Gasteiger partial charge in [-0.15, -0.1) is 0 Å². The molecule has 0 saturated carbocycles. The summed E-state index contributed by atoms with van der Waals surface area (Å²) < 4.78 is 10.5. The SMILES string of the molecule is O=C(CCC(CO)OCCOCCO)c1ccccc1. The number of benzene rings is 1. The van der Waals surface area contributed by atoms with Crippen molar-refractivity contribution < 1.29 is 24.5 Å². The van der Waals surface area contributed by atoms with Crippen LogP contribution in [0.25, 0.3) is 0 Å². The summed E-state index contributed by atoms with van der Waals surface area (Å²) in [7, 11) is 0. The van der Waals surface area contributed by atoms with Crippen molar-refractivity contribution in [3.8, 4) is 0 Å². The van der Waals surface area contributed by atoms with E-state index < -0.39 is 0 Å². The van der Waals surface area contributed by atoms with Crippen molar-refractivity contribution in [2.75, 3.05) is 33.0 Å². The predicted molar refractivity (Wildman–Crippen MR) is 74.7 cm³/mol. The van der Waals surface area contributed by atoms with E-state index in [0.717, 1.165) is 0 Å². The summed E-state index contributed by atoms with van der Waals surface area (Å²) in [6, 6.07) is 9.07. The van der Waals surface area contributed by atoms with E-state index in [1.165, 1.54) is 0 Å². The third-order valence-electron chi connectivity index (χ3n) is 2.81. The van der Waals surface area contributed by atoms with Crippen molar-refractivity contribution >= 4 is 5.78 Å². The Labute approximate surface area is 119 Å². The molecular weight excluding hydrogens is 260 g/mol. The van der Waals surface area contributed by atoms with E-state index in [9.17, 15) is 9.90 Å². The summed E-state index contributed by atoms with van der Waals surface area (Å²) in [5.74, 6) is 0.0455. The van der Waals surface area contributed by atoms with Gasteiger partial charge in [0.15, 0.2) is 5.78 Å². The van der Waals surface area contributed by atoms with E-state index in [-0.39, 0.29) is 31.7 Å². The number of carbonyl (C=O) groups is 1. The Morgan fingerprint density at radius 1 is 1.10 bits per heavy atom. The zero-order valence-electron chi connectivity index (χ0n) is 11.5. The zero-order valence-corrected chi connectivity index (χ0v) is 11.5. The van der Waals surface area contributed by atoms with Crippen LogP contribution in [0.1, 0.15) is 23.2 Å². The number of ether oxygens (including phenoxy) is 2. The van der Waals surface area contributed by atoms with Crippen LogP contribution >= 0.6 is 0 Å². The minimum absolute atomic E-state index is 0.0188. The second kappa shape index (κ2) is 10.5. The van der Waals surface area contributed by atoms with Gasteiger partial charge in [0.25, 0.3) is 0 Å². The lowest BCUT2D eigenvalue weighted by Crippen LogP contribution is -2.21. The normalized spacial score (nSPS) is 12.3. The molecule has 0 aliphatic heterocycles. The molecule has 2 N–H and O–H groups in total. The van der Waals surface area contributed by atoms with Crippen LogP contribution in [0.5, 0.6) is 0 Å². The number of hydrogen-bond acceptors (Lipinski definition) is 5. The summed E-state index contributed by atoms with van der Waals surface area (Å²) in [5, 5.41) is 17.7. The highest BCUT2D eigenvalue weighted by molar-refractivity contribution is 5.95. The fourth-order valence-corrected chi connectivity index (χ4v) is 1.73. The largest absolute Gasteiger partial charge is 0.394 e. The van der Waals surface area contributed by atoms with Crippen LogP contribution in [0.4, 0.5) is 0 Å². The van der Waals surface area contributed by atoms with Crippen LogP contribution in [0.2, 0.25) is 0 Å².